The SMILES string of the molecule is Clc1cccc2c1NC(c1ccccc1)=CC2. The molecule has 0 saturated carbocycles. The second-order valence-electron chi connectivity index (χ2n) is 4.09. The van der Waals surface area contributed by atoms with E-state index in [-0.39, 0.29) is 0 Å². The number of hydrogen-bond acceptors (Lipinski definition) is 1. The molecule has 2 aromatic carbocycles. The summed E-state index contributed by atoms with van der Waals surface area (Å²) in [6, 6.07) is 16.3. The maximum absolute atomic E-state index is 6.21. The van der Waals surface area contributed by atoms with E-state index in [4.69, 9.17) is 11.6 Å². The predicted octanol–water partition coefficient (Wildman–Crippen LogP) is 4.35. The number of allylic oxidation sites excluding steroid dienone is 1. The largest absolute Gasteiger partial charge is 0.354 e. The molecule has 0 aromatic heterocycles. The molecular weight excluding hydrogens is 230 g/mol. The van der Waals surface area contributed by atoms with Crippen LogP contribution in [0.25, 0.3) is 5.70 Å². The van der Waals surface area contributed by atoms with E-state index in [0.29, 0.717) is 0 Å². The van der Waals surface area contributed by atoms with Gasteiger partial charge in [-0.05, 0) is 23.6 Å². The van der Waals surface area contributed by atoms with Crippen molar-refractivity contribution in [3.05, 3.63) is 70.8 Å². The monoisotopic (exact) mass is 241 g/mol. The zero-order chi connectivity index (χ0) is 11.7. The summed E-state index contributed by atoms with van der Waals surface area (Å²) in [5.74, 6) is 0. The van der Waals surface area contributed by atoms with Gasteiger partial charge in [-0.2, -0.15) is 0 Å². The minimum absolute atomic E-state index is 0.782. The van der Waals surface area contributed by atoms with E-state index in [2.05, 4.69) is 29.6 Å². The fourth-order valence-corrected chi connectivity index (χ4v) is 2.33. The van der Waals surface area contributed by atoms with Gasteiger partial charge in [0.05, 0.1) is 10.7 Å². The first-order valence-electron chi connectivity index (χ1n) is 5.64. The zero-order valence-corrected chi connectivity index (χ0v) is 10.0. The highest BCUT2D eigenvalue weighted by atomic mass is 35.5. The molecule has 0 atom stereocenters. The summed E-state index contributed by atoms with van der Waals surface area (Å²) >= 11 is 6.21. The molecule has 1 nitrogen and oxygen atoms in total. The van der Waals surface area contributed by atoms with E-state index in [0.717, 1.165) is 22.8 Å². The molecule has 0 unspecified atom stereocenters. The molecule has 1 aliphatic rings. The Kier molecular flexibility index (Phi) is 2.62. The normalized spacial score (nSPS) is 13.6. The van der Waals surface area contributed by atoms with Crippen LogP contribution in [0, 0.1) is 0 Å². The summed E-state index contributed by atoms with van der Waals surface area (Å²) in [6.07, 6.45) is 3.13. The van der Waals surface area contributed by atoms with E-state index in [1.165, 1.54) is 11.1 Å². The average molecular weight is 242 g/mol. The molecule has 0 radical (unpaired) electrons. The molecule has 2 heteroatoms. The molecule has 1 N–H and O–H groups in total. The molecule has 0 spiro atoms. The molecule has 17 heavy (non-hydrogen) atoms. The number of nitrogens with one attached hydrogen (secondary N) is 1. The van der Waals surface area contributed by atoms with Crippen LogP contribution in [0.5, 0.6) is 0 Å². The number of benzene rings is 2. The highest BCUT2D eigenvalue weighted by Gasteiger charge is 2.13. The molecule has 0 bridgehead atoms. The van der Waals surface area contributed by atoms with Crippen molar-refractivity contribution in [1.29, 1.82) is 0 Å². The lowest BCUT2D eigenvalue weighted by molar-refractivity contribution is 1.23. The molecule has 0 aliphatic carbocycles. The summed E-state index contributed by atoms with van der Waals surface area (Å²) in [5, 5.41) is 4.19. The summed E-state index contributed by atoms with van der Waals surface area (Å²) in [6.45, 7) is 0. The summed E-state index contributed by atoms with van der Waals surface area (Å²) in [4.78, 5) is 0. The summed E-state index contributed by atoms with van der Waals surface area (Å²) in [7, 11) is 0. The Morgan fingerprint density at radius 3 is 2.59 bits per heavy atom. The molecule has 1 heterocycles. The van der Waals surface area contributed by atoms with Crippen molar-refractivity contribution in [2.45, 2.75) is 6.42 Å². The molecule has 0 saturated heterocycles. The van der Waals surface area contributed by atoms with Gasteiger partial charge in [0.25, 0.3) is 0 Å². The van der Waals surface area contributed by atoms with Crippen LogP contribution in [0.4, 0.5) is 5.69 Å². The van der Waals surface area contributed by atoms with Crippen LogP contribution >= 0.6 is 11.6 Å². The first kappa shape index (κ1) is 10.4. The molecule has 1 aliphatic heterocycles. The minimum Gasteiger partial charge on any atom is -0.354 e. The van der Waals surface area contributed by atoms with Crippen LogP contribution in [0.1, 0.15) is 11.1 Å². The fourth-order valence-electron chi connectivity index (χ4n) is 2.08. The van der Waals surface area contributed by atoms with Gasteiger partial charge in [0.1, 0.15) is 0 Å². The second-order valence-corrected chi connectivity index (χ2v) is 4.49. The van der Waals surface area contributed by atoms with Crippen LogP contribution in [0.15, 0.2) is 54.6 Å². The Bertz CT molecular complexity index is 573. The summed E-state index contributed by atoms with van der Waals surface area (Å²) < 4.78 is 0. The molecule has 2 aromatic rings. The smallest absolute Gasteiger partial charge is 0.0643 e. The van der Waals surface area contributed by atoms with Crippen molar-refractivity contribution in [3.63, 3.8) is 0 Å². The van der Waals surface area contributed by atoms with Crippen LogP contribution in [0.3, 0.4) is 0 Å². The van der Waals surface area contributed by atoms with Gasteiger partial charge in [-0.3, -0.25) is 0 Å². The van der Waals surface area contributed by atoms with Crippen molar-refractivity contribution in [1.82, 2.24) is 0 Å². The molecular formula is C15H12ClN. The predicted molar refractivity (Wildman–Crippen MR) is 73.2 cm³/mol. The van der Waals surface area contributed by atoms with Crippen LogP contribution in [-0.2, 0) is 6.42 Å². The lowest BCUT2D eigenvalue weighted by Crippen LogP contribution is -2.07. The Balaban J connectivity index is 1.99. The first-order chi connectivity index (χ1) is 8.34. The third kappa shape index (κ3) is 1.94. The van der Waals surface area contributed by atoms with Gasteiger partial charge in [-0.1, -0.05) is 60.1 Å². The van der Waals surface area contributed by atoms with Crippen molar-refractivity contribution in [3.8, 4) is 0 Å². The molecule has 3 rings (SSSR count). The standard InChI is InChI=1S/C15H12ClN/c16-13-8-4-7-12-9-10-14(17-15(12)13)11-5-2-1-3-6-11/h1-8,10,17H,9H2. The third-order valence-electron chi connectivity index (χ3n) is 2.97. The molecule has 0 fully saturated rings. The van der Waals surface area contributed by atoms with E-state index >= 15 is 0 Å². The summed E-state index contributed by atoms with van der Waals surface area (Å²) in [5.41, 5.74) is 4.61. The van der Waals surface area contributed by atoms with Crippen molar-refractivity contribution >= 4 is 23.0 Å². The number of halogens is 1. The lowest BCUT2D eigenvalue weighted by atomic mass is 10.0. The second kappa shape index (κ2) is 4.27. The number of rotatable bonds is 1. The van der Waals surface area contributed by atoms with E-state index in [9.17, 15) is 0 Å². The average Bonchev–Trinajstić information content (AvgIpc) is 2.40. The highest BCUT2D eigenvalue weighted by molar-refractivity contribution is 6.33. The minimum atomic E-state index is 0.782. The molecule has 84 valence electrons. The highest BCUT2D eigenvalue weighted by Crippen LogP contribution is 2.33. The first-order valence-corrected chi connectivity index (χ1v) is 6.02. The van der Waals surface area contributed by atoms with Crippen molar-refractivity contribution < 1.29 is 0 Å². The lowest BCUT2D eigenvalue weighted by Gasteiger charge is -2.20. The Labute approximate surface area is 106 Å². The van der Waals surface area contributed by atoms with Gasteiger partial charge < -0.3 is 5.32 Å². The van der Waals surface area contributed by atoms with Crippen LogP contribution < -0.4 is 5.32 Å². The van der Waals surface area contributed by atoms with Gasteiger partial charge in [0.15, 0.2) is 0 Å². The zero-order valence-electron chi connectivity index (χ0n) is 9.28. The number of hydrogen-bond donors (Lipinski definition) is 1. The van der Waals surface area contributed by atoms with E-state index in [1.807, 2.05) is 30.3 Å². The number of fused-ring (bicyclic) bond motifs is 1. The molecule has 0 amide bonds. The van der Waals surface area contributed by atoms with Gasteiger partial charge in [-0.25, -0.2) is 0 Å². The van der Waals surface area contributed by atoms with Gasteiger partial charge in [0, 0.05) is 5.70 Å². The Morgan fingerprint density at radius 1 is 0.941 bits per heavy atom. The van der Waals surface area contributed by atoms with E-state index < -0.39 is 0 Å². The van der Waals surface area contributed by atoms with Crippen LogP contribution in [-0.4, -0.2) is 0 Å². The third-order valence-corrected chi connectivity index (χ3v) is 3.29. The van der Waals surface area contributed by atoms with Crippen LogP contribution in [0.2, 0.25) is 5.02 Å². The van der Waals surface area contributed by atoms with Gasteiger partial charge >= 0.3 is 0 Å². The van der Waals surface area contributed by atoms with Crippen molar-refractivity contribution in [2.75, 3.05) is 5.32 Å². The maximum Gasteiger partial charge on any atom is 0.0643 e. The van der Waals surface area contributed by atoms with E-state index in [1.54, 1.807) is 0 Å². The van der Waals surface area contributed by atoms with Crippen molar-refractivity contribution in [2.24, 2.45) is 0 Å². The maximum atomic E-state index is 6.21. The number of para-hydroxylation sites is 1. The fraction of sp³-hybridized carbons (Fsp3) is 0.0667. The Morgan fingerprint density at radius 2 is 1.76 bits per heavy atom. The van der Waals surface area contributed by atoms with Gasteiger partial charge in [0.2, 0.25) is 0 Å². The topological polar surface area (TPSA) is 12.0 Å². The quantitative estimate of drug-likeness (QED) is 0.783. The Hall–Kier alpha value is -1.73. The van der Waals surface area contributed by atoms with Gasteiger partial charge in [-0.15, -0.1) is 0 Å². The number of anilines is 1.